The molecule has 0 aliphatic heterocycles. The fourth-order valence-corrected chi connectivity index (χ4v) is 1.75. The monoisotopic (exact) mass is 242 g/mol. The number of hydrogen-bond donors (Lipinski definition) is 2. The van der Waals surface area contributed by atoms with E-state index in [-0.39, 0.29) is 11.9 Å². The Morgan fingerprint density at radius 1 is 1.61 bits per heavy atom. The summed E-state index contributed by atoms with van der Waals surface area (Å²) in [7, 11) is 0. The minimum absolute atomic E-state index is 0.0973. The fraction of sp³-hybridized carbons (Fsp3) is 0.308. The van der Waals surface area contributed by atoms with Crippen molar-refractivity contribution in [2.24, 2.45) is 0 Å². The summed E-state index contributed by atoms with van der Waals surface area (Å²) in [5.41, 5.74) is 2.23. The molecule has 1 amide bonds. The molecule has 1 unspecified atom stereocenters. The van der Waals surface area contributed by atoms with Crippen molar-refractivity contribution >= 4 is 16.9 Å². The number of nitrogens with one attached hydrogen (secondary N) is 2. The first kappa shape index (κ1) is 12.1. The van der Waals surface area contributed by atoms with Gasteiger partial charge in [0.2, 0.25) is 0 Å². The molecule has 1 aromatic carbocycles. The van der Waals surface area contributed by atoms with Crippen LogP contribution in [0.5, 0.6) is 0 Å². The molecule has 92 valence electrons. The quantitative estimate of drug-likeness (QED) is 0.860. The molecule has 0 bridgehead atoms. The predicted molar refractivity (Wildman–Crippen MR) is 67.9 cm³/mol. The summed E-state index contributed by atoms with van der Waals surface area (Å²) in [6, 6.07) is 7.26. The molecule has 18 heavy (non-hydrogen) atoms. The molecule has 0 saturated carbocycles. The summed E-state index contributed by atoms with van der Waals surface area (Å²) in [6.45, 7) is 1.94. The predicted octanol–water partition coefficient (Wildman–Crippen LogP) is 1.98. The smallest absolute Gasteiger partial charge is 0.251 e. The third-order valence-electron chi connectivity index (χ3n) is 2.85. The Bertz CT molecular complexity index is 596. The van der Waals surface area contributed by atoms with Gasteiger partial charge in [-0.1, -0.05) is 6.92 Å². The maximum Gasteiger partial charge on any atom is 0.251 e. The molecule has 5 nitrogen and oxygen atoms in total. The maximum atomic E-state index is 12.0. The number of imidazole rings is 1. The lowest BCUT2D eigenvalue weighted by Crippen LogP contribution is -2.34. The molecular formula is C13H14N4O. The number of nitriles is 1. The van der Waals surface area contributed by atoms with E-state index in [1.54, 1.807) is 24.5 Å². The Labute approximate surface area is 105 Å². The van der Waals surface area contributed by atoms with Crippen molar-refractivity contribution in [3.8, 4) is 6.07 Å². The Kier molecular flexibility index (Phi) is 3.58. The van der Waals surface area contributed by atoms with Crippen LogP contribution >= 0.6 is 0 Å². The van der Waals surface area contributed by atoms with Gasteiger partial charge in [0.15, 0.2) is 0 Å². The first-order valence-electron chi connectivity index (χ1n) is 5.85. The highest BCUT2D eigenvalue weighted by Crippen LogP contribution is 2.12. The second-order valence-corrected chi connectivity index (χ2v) is 4.08. The number of carbonyl (C=O) groups excluding carboxylic acids is 1. The van der Waals surface area contributed by atoms with E-state index in [0.29, 0.717) is 12.0 Å². The minimum Gasteiger partial charge on any atom is -0.348 e. The van der Waals surface area contributed by atoms with Crippen molar-refractivity contribution < 1.29 is 4.79 Å². The first-order valence-corrected chi connectivity index (χ1v) is 5.85. The summed E-state index contributed by atoms with van der Waals surface area (Å²) in [5.74, 6) is -0.159. The van der Waals surface area contributed by atoms with Crippen molar-refractivity contribution in [3.05, 3.63) is 30.1 Å². The summed E-state index contributed by atoms with van der Waals surface area (Å²) in [5, 5.41) is 11.5. The molecule has 1 aromatic heterocycles. The summed E-state index contributed by atoms with van der Waals surface area (Å²) >= 11 is 0. The number of amides is 1. The fourth-order valence-electron chi connectivity index (χ4n) is 1.75. The van der Waals surface area contributed by atoms with E-state index in [4.69, 9.17) is 5.26 Å². The highest BCUT2D eigenvalue weighted by atomic mass is 16.1. The number of aromatic nitrogens is 2. The van der Waals surface area contributed by atoms with Crippen LogP contribution in [0.15, 0.2) is 24.5 Å². The topological polar surface area (TPSA) is 81.6 Å². The molecule has 1 atom stereocenters. The van der Waals surface area contributed by atoms with E-state index in [2.05, 4.69) is 21.4 Å². The van der Waals surface area contributed by atoms with Gasteiger partial charge in [0, 0.05) is 11.6 Å². The number of rotatable bonds is 4. The average molecular weight is 242 g/mol. The van der Waals surface area contributed by atoms with Crippen LogP contribution in [-0.4, -0.2) is 21.9 Å². The molecule has 0 saturated heterocycles. The van der Waals surface area contributed by atoms with Crippen molar-refractivity contribution in [1.29, 1.82) is 5.26 Å². The molecule has 0 fully saturated rings. The number of carbonyl (C=O) groups is 1. The van der Waals surface area contributed by atoms with Crippen LogP contribution < -0.4 is 5.32 Å². The van der Waals surface area contributed by atoms with Crippen molar-refractivity contribution in [2.75, 3.05) is 0 Å². The molecule has 0 aliphatic rings. The molecule has 5 heteroatoms. The van der Waals surface area contributed by atoms with E-state index in [0.717, 1.165) is 17.5 Å². The largest absolute Gasteiger partial charge is 0.348 e. The number of fused-ring (bicyclic) bond motifs is 1. The Morgan fingerprint density at radius 2 is 2.44 bits per heavy atom. The lowest BCUT2D eigenvalue weighted by atomic mass is 10.1. The van der Waals surface area contributed by atoms with Gasteiger partial charge in [0.1, 0.15) is 0 Å². The third-order valence-corrected chi connectivity index (χ3v) is 2.85. The van der Waals surface area contributed by atoms with Gasteiger partial charge in [-0.05, 0) is 24.6 Å². The van der Waals surface area contributed by atoms with Gasteiger partial charge in [-0.15, -0.1) is 0 Å². The van der Waals surface area contributed by atoms with Crippen LogP contribution in [0.1, 0.15) is 30.1 Å². The normalized spacial score (nSPS) is 12.0. The summed E-state index contributed by atoms with van der Waals surface area (Å²) in [4.78, 5) is 19.1. The minimum atomic E-state index is -0.159. The van der Waals surface area contributed by atoms with Crippen LogP contribution in [0.25, 0.3) is 11.0 Å². The van der Waals surface area contributed by atoms with E-state index in [1.807, 2.05) is 6.92 Å². The number of aromatic amines is 1. The van der Waals surface area contributed by atoms with Gasteiger partial charge in [0.05, 0.1) is 29.9 Å². The zero-order chi connectivity index (χ0) is 13.0. The third kappa shape index (κ3) is 2.48. The molecule has 1 heterocycles. The second kappa shape index (κ2) is 5.32. The first-order chi connectivity index (χ1) is 8.74. The van der Waals surface area contributed by atoms with Crippen LogP contribution in [0.4, 0.5) is 0 Å². The lowest BCUT2D eigenvalue weighted by molar-refractivity contribution is 0.0937. The highest BCUT2D eigenvalue weighted by Gasteiger charge is 2.12. The molecule has 2 N–H and O–H groups in total. The van der Waals surface area contributed by atoms with Gasteiger partial charge in [0.25, 0.3) is 5.91 Å². The van der Waals surface area contributed by atoms with Crippen LogP contribution in [0.2, 0.25) is 0 Å². The van der Waals surface area contributed by atoms with Gasteiger partial charge >= 0.3 is 0 Å². The molecule has 2 rings (SSSR count). The average Bonchev–Trinajstić information content (AvgIpc) is 2.85. The van der Waals surface area contributed by atoms with Crippen LogP contribution in [0.3, 0.4) is 0 Å². The van der Waals surface area contributed by atoms with Crippen LogP contribution in [-0.2, 0) is 0 Å². The zero-order valence-corrected chi connectivity index (χ0v) is 10.1. The number of hydrogen-bond acceptors (Lipinski definition) is 3. The number of H-pyrrole nitrogens is 1. The van der Waals surface area contributed by atoms with Gasteiger partial charge in [-0.2, -0.15) is 5.26 Å². The van der Waals surface area contributed by atoms with E-state index in [1.165, 1.54) is 0 Å². The van der Waals surface area contributed by atoms with Crippen molar-refractivity contribution in [2.45, 2.75) is 25.8 Å². The maximum absolute atomic E-state index is 12.0. The van der Waals surface area contributed by atoms with Crippen LogP contribution in [0, 0.1) is 11.3 Å². The molecule has 0 radical (unpaired) electrons. The number of nitrogens with zero attached hydrogens (tertiary/aromatic N) is 2. The zero-order valence-electron chi connectivity index (χ0n) is 10.1. The van der Waals surface area contributed by atoms with Gasteiger partial charge in [-0.3, -0.25) is 4.79 Å². The summed E-state index contributed by atoms with van der Waals surface area (Å²) in [6.07, 6.45) is 2.66. The summed E-state index contributed by atoms with van der Waals surface area (Å²) < 4.78 is 0. The van der Waals surface area contributed by atoms with E-state index >= 15 is 0 Å². The standard InChI is InChI=1S/C13H14N4O/c1-2-10(5-6-14)17-13(18)9-3-4-11-12(7-9)16-8-15-11/h3-4,7-8,10H,2,5H2,1H3,(H,15,16)(H,17,18). The molecule has 2 aromatic rings. The van der Waals surface area contributed by atoms with Crippen molar-refractivity contribution in [1.82, 2.24) is 15.3 Å². The Morgan fingerprint density at radius 3 is 3.17 bits per heavy atom. The van der Waals surface area contributed by atoms with Gasteiger partial charge < -0.3 is 10.3 Å². The molecular weight excluding hydrogens is 228 g/mol. The lowest BCUT2D eigenvalue weighted by Gasteiger charge is -2.13. The van der Waals surface area contributed by atoms with E-state index in [9.17, 15) is 4.79 Å². The molecule has 0 aliphatic carbocycles. The Balaban J connectivity index is 2.15. The number of benzene rings is 1. The van der Waals surface area contributed by atoms with Crippen molar-refractivity contribution in [3.63, 3.8) is 0 Å². The highest BCUT2D eigenvalue weighted by molar-refractivity contribution is 5.97. The van der Waals surface area contributed by atoms with Gasteiger partial charge in [-0.25, -0.2) is 4.98 Å². The Hall–Kier alpha value is -2.35. The SMILES string of the molecule is CCC(CC#N)NC(=O)c1ccc2nc[nH]c2c1. The second-order valence-electron chi connectivity index (χ2n) is 4.08. The molecule has 0 spiro atoms. The van der Waals surface area contributed by atoms with E-state index < -0.39 is 0 Å².